The molecular weight excluding hydrogens is 142 g/mol. The highest BCUT2D eigenvalue weighted by atomic mass is 16.5. The van der Waals surface area contributed by atoms with E-state index in [-0.39, 0.29) is 11.8 Å². The van der Waals surface area contributed by atoms with Gasteiger partial charge in [-0.2, -0.15) is 0 Å². The van der Waals surface area contributed by atoms with E-state index in [0.29, 0.717) is 0 Å². The van der Waals surface area contributed by atoms with Crippen LogP contribution < -0.4 is 5.73 Å². The van der Waals surface area contributed by atoms with Crippen molar-refractivity contribution in [2.24, 2.45) is 11.7 Å². The molecule has 0 heterocycles. The lowest BCUT2D eigenvalue weighted by atomic mass is 9.96. The maximum atomic E-state index is 10.8. The Morgan fingerprint density at radius 3 is 2.00 bits per heavy atom. The second kappa shape index (κ2) is 5.13. The van der Waals surface area contributed by atoms with Crippen LogP contribution in [0.2, 0.25) is 0 Å². The minimum atomic E-state index is -0.412. The van der Waals surface area contributed by atoms with E-state index in [9.17, 15) is 4.79 Å². The molecular formula is C8H17NO2. The second-order valence-electron chi connectivity index (χ2n) is 2.64. The lowest BCUT2D eigenvalue weighted by molar-refractivity contribution is -0.131. The van der Waals surface area contributed by atoms with Crippen molar-refractivity contribution in [1.29, 1.82) is 0 Å². The highest BCUT2D eigenvalue weighted by molar-refractivity contribution is 5.79. The third-order valence-corrected chi connectivity index (χ3v) is 2.01. The molecule has 11 heavy (non-hydrogen) atoms. The molecule has 1 atom stereocenters. The van der Waals surface area contributed by atoms with Gasteiger partial charge in [0.2, 0.25) is 5.91 Å². The van der Waals surface area contributed by atoms with Gasteiger partial charge in [0.15, 0.2) is 0 Å². The number of amides is 1. The quantitative estimate of drug-likeness (QED) is 0.648. The van der Waals surface area contributed by atoms with Crippen LogP contribution in [0.1, 0.15) is 26.7 Å². The summed E-state index contributed by atoms with van der Waals surface area (Å²) in [5.74, 6) is -0.0984. The van der Waals surface area contributed by atoms with Crippen molar-refractivity contribution in [2.75, 3.05) is 7.11 Å². The summed E-state index contributed by atoms with van der Waals surface area (Å²) >= 11 is 0. The van der Waals surface area contributed by atoms with Crippen molar-refractivity contribution >= 4 is 5.91 Å². The molecule has 0 aromatic rings. The van der Waals surface area contributed by atoms with Gasteiger partial charge in [0, 0.05) is 7.11 Å². The van der Waals surface area contributed by atoms with E-state index < -0.39 is 6.10 Å². The zero-order chi connectivity index (χ0) is 8.85. The van der Waals surface area contributed by atoms with Gasteiger partial charge in [-0.3, -0.25) is 4.79 Å². The zero-order valence-corrected chi connectivity index (χ0v) is 7.46. The summed E-state index contributed by atoms with van der Waals surface area (Å²) in [6.45, 7) is 4.06. The van der Waals surface area contributed by atoms with Gasteiger partial charge in [-0.05, 0) is 5.92 Å². The molecule has 0 aromatic heterocycles. The van der Waals surface area contributed by atoms with Crippen LogP contribution in [-0.4, -0.2) is 19.1 Å². The van der Waals surface area contributed by atoms with Gasteiger partial charge in [-0.1, -0.05) is 26.7 Å². The number of rotatable bonds is 5. The summed E-state index contributed by atoms with van der Waals surface area (Å²) in [7, 11) is 1.52. The molecule has 1 unspecified atom stereocenters. The van der Waals surface area contributed by atoms with Crippen LogP contribution in [0.3, 0.4) is 0 Å². The summed E-state index contributed by atoms with van der Waals surface area (Å²) in [5.41, 5.74) is 5.14. The first-order valence-electron chi connectivity index (χ1n) is 3.99. The molecule has 0 fully saturated rings. The lowest BCUT2D eigenvalue weighted by Crippen LogP contribution is -2.36. The topological polar surface area (TPSA) is 52.3 Å². The second-order valence-corrected chi connectivity index (χ2v) is 2.64. The maximum absolute atomic E-state index is 10.8. The van der Waals surface area contributed by atoms with Gasteiger partial charge >= 0.3 is 0 Å². The summed E-state index contributed by atoms with van der Waals surface area (Å²) in [6, 6.07) is 0. The molecule has 2 N–H and O–H groups in total. The van der Waals surface area contributed by atoms with E-state index in [2.05, 4.69) is 0 Å². The molecule has 66 valence electrons. The van der Waals surface area contributed by atoms with Gasteiger partial charge in [-0.15, -0.1) is 0 Å². The Labute approximate surface area is 67.9 Å². The Bertz CT molecular complexity index is 121. The average Bonchev–Trinajstić information content (AvgIpc) is 1.99. The number of hydrogen-bond donors (Lipinski definition) is 1. The van der Waals surface area contributed by atoms with Crippen LogP contribution in [0.25, 0.3) is 0 Å². The first kappa shape index (κ1) is 10.4. The standard InChI is InChI=1S/C8H17NO2/c1-4-6(5-2)7(11-3)8(9)10/h6-7H,4-5H2,1-3H3,(H2,9,10). The summed E-state index contributed by atoms with van der Waals surface area (Å²) < 4.78 is 4.98. The number of ether oxygens (including phenoxy) is 1. The predicted octanol–water partition coefficient (Wildman–Crippen LogP) is 0.923. The van der Waals surface area contributed by atoms with Crippen molar-refractivity contribution < 1.29 is 9.53 Å². The van der Waals surface area contributed by atoms with E-state index in [0.717, 1.165) is 12.8 Å². The van der Waals surface area contributed by atoms with Gasteiger partial charge in [-0.25, -0.2) is 0 Å². The first-order valence-corrected chi connectivity index (χ1v) is 3.99. The monoisotopic (exact) mass is 159 g/mol. The smallest absolute Gasteiger partial charge is 0.246 e. The fraction of sp³-hybridized carbons (Fsp3) is 0.875. The Morgan fingerprint density at radius 2 is 1.91 bits per heavy atom. The molecule has 0 aliphatic heterocycles. The SMILES string of the molecule is CCC(CC)C(OC)C(N)=O. The minimum absolute atomic E-state index is 0.262. The Balaban J connectivity index is 4.09. The molecule has 3 heteroatoms. The molecule has 3 nitrogen and oxygen atoms in total. The molecule has 0 bridgehead atoms. The highest BCUT2D eigenvalue weighted by Gasteiger charge is 2.22. The minimum Gasteiger partial charge on any atom is -0.371 e. The van der Waals surface area contributed by atoms with Crippen LogP contribution in [-0.2, 0) is 9.53 Å². The van der Waals surface area contributed by atoms with E-state index in [1.165, 1.54) is 7.11 Å². The largest absolute Gasteiger partial charge is 0.371 e. The number of nitrogens with two attached hydrogens (primary N) is 1. The zero-order valence-electron chi connectivity index (χ0n) is 7.46. The third kappa shape index (κ3) is 2.89. The number of hydrogen-bond acceptors (Lipinski definition) is 2. The fourth-order valence-corrected chi connectivity index (χ4v) is 1.26. The van der Waals surface area contributed by atoms with Crippen LogP contribution in [0.5, 0.6) is 0 Å². The summed E-state index contributed by atoms with van der Waals surface area (Å²) in [5, 5.41) is 0. The predicted molar refractivity (Wildman–Crippen MR) is 44.1 cm³/mol. The fourth-order valence-electron chi connectivity index (χ4n) is 1.26. The molecule has 0 saturated carbocycles. The molecule has 0 radical (unpaired) electrons. The van der Waals surface area contributed by atoms with Crippen LogP contribution in [0.15, 0.2) is 0 Å². The van der Waals surface area contributed by atoms with E-state index in [1.54, 1.807) is 0 Å². The lowest BCUT2D eigenvalue weighted by Gasteiger charge is -2.20. The molecule has 0 spiro atoms. The number of primary amides is 1. The van der Waals surface area contributed by atoms with Crippen molar-refractivity contribution in [1.82, 2.24) is 0 Å². The van der Waals surface area contributed by atoms with Crippen molar-refractivity contribution in [3.05, 3.63) is 0 Å². The summed E-state index contributed by atoms with van der Waals surface area (Å²) in [4.78, 5) is 10.8. The van der Waals surface area contributed by atoms with Gasteiger partial charge in [0.05, 0.1) is 0 Å². The molecule has 0 rings (SSSR count). The van der Waals surface area contributed by atoms with Gasteiger partial charge in [0.25, 0.3) is 0 Å². The first-order chi connectivity index (χ1) is 5.17. The molecule has 1 amide bonds. The number of carbonyl (C=O) groups is 1. The molecule has 0 saturated heterocycles. The van der Waals surface area contributed by atoms with Gasteiger partial charge < -0.3 is 10.5 Å². The van der Waals surface area contributed by atoms with Crippen molar-refractivity contribution in [3.63, 3.8) is 0 Å². The number of methoxy groups -OCH3 is 1. The van der Waals surface area contributed by atoms with E-state index in [1.807, 2.05) is 13.8 Å². The van der Waals surface area contributed by atoms with Crippen LogP contribution in [0, 0.1) is 5.92 Å². The average molecular weight is 159 g/mol. The Kier molecular flexibility index (Phi) is 4.86. The van der Waals surface area contributed by atoms with E-state index >= 15 is 0 Å². The summed E-state index contributed by atoms with van der Waals surface area (Å²) in [6.07, 6.45) is 1.44. The molecule has 0 aromatic carbocycles. The van der Waals surface area contributed by atoms with Crippen LogP contribution >= 0.6 is 0 Å². The normalized spacial score (nSPS) is 13.5. The Morgan fingerprint density at radius 1 is 1.45 bits per heavy atom. The highest BCUT2D eigenvalue weighted by Crippen LogP contribution is 2.14. The van der Waals surface area contributed by atoms with Crippen molar-refractivity contribution in [2.45, 2.75) is 32.8 Å². The maximum Gasteiger partial charge on any atom is 0.246 e. The Hall–Kier alpha value is -0.570. The van der Waals surface area contributed by atoms with E-state index in [4.69, 9.17) is 10.5 Å². The van der Waals surface area contributed by atoms with Crippen LogP contribution in [0.4, 0.5) is 0 Å². The third-order valence-electron chi connectivity index (χ3n) is 2.01. The van der Waals surface area contributed by atoms with Crippen molar-refractivity contribution in [3.8, 4) is 0 Å². The molecule has 0 aliphatic rings. The molecule has 0 aliphatic carbocycles. The van der Waals surface area contributed by atoms with Gasteiger partial charge in [0.1, 0.15) is 6.10 Å². The number of carbonyl (C=O) groups excluding carboxylic acids is 1.